The predicted octanol–water partition coefficient (Wildman–Crippen LogP) is -0.239. The van der Waals surface area contributed by atoms with Crippen LogP contribution >= 0.6 is 0 Å². The Morgan fingerprint density at radius 1 is 1.35 bits per heavy atom. The van der Waals surface area contributed by atoms with Gasteiger partial charge in [0.2, 0.25) is 5.95 Å². The van der Waals surface area contributed by atoms with Gasteiger partial charge in [-0.05, 0) is 6.92 Å². The quantitative estimate of drug-likeness (QED) is 0.681. The van der Waals surface area contributed by atoms with E-state index in [2.05, 4.69) is 19.9 Å². The lowest BCUT2D eigenvalue weighted by molar-refractivity contribution is 0.0519. The molecule has 0 atom stereocenters. The Kier molecular flexibility index (Phi) is 2.69. The number of aromatic nitrogens is 4. The number of nitrogen functional groups attached to an aromatic ring is 2. The molecule has 0 aliphatic carbocycles. The molecule has 2 heterocycles. The van der Waals surface area contributed by atoms with Crippen molar-refractivity contribution in [3.63, 3.8) is 0 Å². The summed E-state index contributed by atoms with van der Waals surface area (Å²) in [4.78, 5) is 26.9. The van der Waals surface area contributed by atoms with Gasteiger partial charge in [-0.1, -0.05) is 0 Å². The number of fused-ring (bicyclic) bond motifs is 1. The minimum atomic E-state index is -0.571. The summed E-state index contributed by atoms with van der Waals surface area (Å²) in [7, 11) is 0. The van der Waals surface area contributed by atoms with Crippen LogP contribution in [0.1, 0.15) is 17.4 Å². The van der Waals surface area contributed by atoms with Crippen molar-refractivity contribution in [2.75, 3.05) is 18.1 Å². The first-order valence-corrected chi connectivity index (χ1v) is 4.84. The van der Waals surface area contributed by atoms with Gasteiger partial charge in [0, 0.05) is 0 Å². The van der Waals surface area contributed by atoms with E-state index < -0.39 is 5.97 Å². The molecule has 0 fully saturated rings. The van der Waals surface area contributed by atoms with E-state index in [-0.39, 0.29) is 35.2 Å². The molecule has 2 rings (SSSR count). The van der Waals surface area contributed by atoms with Gasteiger partial charge < -0.3 is 16.2 Å². The van der Waals surface area contributed by atoms with Crippen LogP contribution in [0, 0.1) is 0 Å². The minimum Gasteiger partial charge on any atom is -0.461 e. The Balaban J connectivity index is 2.54. The zero-order chi connectivity index (χ0) is 12.4. The molecule has 4 N–H and O–H groups in total. The molecule has 0 radical (unpaired) electrons. The maximum Gasteiger partial charge on any atom is 0.358 e. The van der Waals surface area contributed by atoms with E-state index in [0.717, 1.165) is 0 Å². The number of ether oxygens (including phenoxy) is 1. The summed E-state index contributed by atoms with van der Waals surface area (Å²) in [6, 6.07) is 0. The normalized spacial score (nSPS) is 10.4. The number of rotatable bonds is 2. The third-order valence-corrected chi connectivity index (χ3v) is 1.94. The molecule has 0 bridgehead atoms. The highest BCUT2D eigenvalue weighted by Gasteiger charge is 2.13. The van der Waals surface area contributed by atoms with Gasteiger partial charge in [0.05, 0.1) is 12.8 Å². The highest BCUT2D eigenvalue weighted by atomic mass is 16.5. The maximum atomic E-state index is 11.4. The fraction of sp³-hybridized carbons (Fsp3) is 0.222. The molecule has 8 heteroatoms. The lowest BCUT2D eigenvalue weighted by Gasteiger charge is -2.03. The monoisotopic (exact) mass is 234 g/mol. The van der Waals surface area contributed by atoms with Crippen molar-refractivity contribution < 1.29 is 9.53 Å². The van der Waals surface area contributed by atoms with Crippen molar-refractivity contribution in [2.45, 2.75) is 6.92 Å². The molecule has 2 aromatic heterocycles. The van der Waals surface area contributed by atoms with Crippen LogP contribution in [0.15, 0.2) is 6.20 Å². The summed E-state index contributed by atoms with van der Waals surface area (Å²) >= 11 is 0. The zero-order valence-electron chi connectivity index (χ0n) is 9.04. The summed E-state index contributed by atoms with van der Waals surface area (Å²) in [6.45, 7) is 1.96. The van der Waals surface area contributed by atoms with Crippen molar-refractivity contribution in [1.82, 2.24) is 19.9 Å². The van der Waals surface area contributed by atoms with Crippen LogP contribution in [0.3, 0.4) is 0 Å². The Hall–Kier alpha value is -2.51. The molecular formula is C9H10N6O2. The van der Waals surface area contributed by atoms with Gasteiger partial charge >= 0.3 is 5.97 Å². The molecule has 0 amide bonds. The molecule has 0 unspecified atom stereocenters. The molecule has 0 spiro atoms. The SMILES string of the molecule is CCOC(=O)c1cnc2nc(N)nc(N)c2n1. The third kappa shape index (κ3) is 2.05. The smallest absolute Gasteiger partial charge is 0.358 e. The average molecular weight is 234 g/mol. The molecule has 0 aliphatic rings. The summed E-state index contributed by atoms with van der Waals surface area (Å²) in [5.74, 6) is -0.488. The largest absolute Gasteiger partial charge is 0.461 e. The van der Waals surface area contributed by atoms with E-state index in [1.807, 2.05) is 0 Å². The van der Waals surface area contributed by atoms with Crippen molar-refractivity contribution in [3.05, 3.63) is 11.9 Å². The Bertz CT molecular complexity index is 585. The summed E-state index contributed by atoms with van der Waals surface area (Å²) in [5.41, 5.74) is 11.5. The fourth-order valence-electron chi connectivity index (χ4n) is 1.25. The molecule has 0 aliphatic heterocycles. The second-order valence-electron chi connectivity index (χ2n) is 3.11. The number of nitrogens with two attached hydrogens (primary N) is 2. The Morgan fingerprint density at radius 3 is 2.82 bits per heavy atom. The van der Waals surface area contributed by atoms with Gasteiger partial charge in [-0.2, -0.15) is 9.97 Å². The molecule has 2 aromatic rings. The standard InChI is InChI=1S/C9H10N6O2/c1-2-17-8(16)4-3-12-7-5(13-4)6(10)14-9(11)15-7/h3H,2H2,1H3,(H4,10,11,12,14,15). The summed E-state index contributed by atoms with van der Waals surface area (Å²) in [6.07, 6.45) is 1.26. The molecule has 88 valence electrons. The fourth-order valence-corrected chi connectivity index (χ4v) is 1.25. The average Bonchev–Trinajstić information content (AvgIpc) is 2.28. The predicted molar refractivity (Wildman–Crippen MR) is 59.9 cm³/mol. The minimum absolute atomic E-state index is 0.00758. The first kappa shape index (κ1) is 11.0. The summed E-state index contributed by atoms with van der Waals surface area (Å²) < 4.78 is 4.79. The van der Waals surface area contributed by atoms with Gasteiger partial charge in [-0.15, -0.1) is 0 Å². The van der Waals surface area contributed by atoms with Crippen molar-refractivity contribution in [1.29, 1.82) is 0 Å². The second kappa shape index (κ2) is 4.16. The lowest BCUT2D eigenvalue weighted by atomic mass is 10.4. The van der Waals surface area contributed by atoms with E-state index in [0.29, 0.717) is 0 Å². The van der Waals surface area contributed by atoms with Crippen molar-refractivity contribution in [3.8, 4) is 0 Å². The number of carbonyl (C=O) groups is 1. The Morgan fingerprint density at radius 2 is 2.12 bits per heavy atom. The number of carbonyl (C=O) groups excluding carboxylic acids is 1. The topological polar surface area (TPSA) is 130 Å². The van der Waals surface area contributed by atoms with Crippen LogP contribution in [0.4, 0.5) is 11.8 Å². The van der Waals surface area contributed by atoms with Crippen LogP contribution in [0.5, 0.6) is 0 Å². The highest BCUT2D eigenvalue weighted by Crippen LogP contribution is 2.14. The first-order valence-electron chi connectivity index (χ1n) is 4.84. The van der Waals surface area contributed by atoms with Gasteiger partial charge in [0.15, 0.2) is 22.7 Å². The molecule has 0 saturated heterocycles. The number of hydrogen-bond acceptors (Lipinski definition) is 8. The number of nitrogens with zero attached hydrogens (tertiary/aromatic N) is 4. The highest BCUT2D eigenvalue weighted by molar-refractivity contribution is 5.91. The van der Waals surface area contributed by atoms with Crippen LogP contribution in [-0.4, -0.2) is 32.5 Å². The first-order chi connectivity index (χ1) is 8.11. The maximum absolute atomic E-state index is 11.4. The Labute approximate surface area is 96.0 Å². The molecule has 8 nitrogen and oxygen atoms in total. The second-order valence-corrected chi connectivity index (χ2v) is 3.11. The van der Waals surface area contributed by atoms with Gasteiger partial charge in [0.25, 0.3) is 0 Å². The number of esters is 1. The van der Waals surface area contributed by atoms with Gasteiger partial charge in [-0.3, -0.25) is 0 Å². The number of anilines is 2. The van der Waals surface area contributed by atoms with E-state index in [4.69, 9.17) is 16.2 Å². The third-order valence-electron chi connectivity index (χ3n) is 1.94. The van der Waals surface area contributed by atoms with E-state index in [1.54, 1.807) is 6.92 Å². The van der Waals surface area contributed by atoms with Crippen LogP contribution in [-0.2, 0) is 4.74 Å². The molecule has 0 saturated carbocycles. The van der Waals surface area contributed by atoms with Crippen molar-refractivity contribution in [2.24, 2.45) is 0 Å². The van der Waals surface area contributed by atoms with Gasteiger partial charge in [-0.25, -0.2) is 14.8 Å². The lowest BCUT2D eigenvalue weighted by Crippen LogP contribution is -2.10. The van der Waals surface area contributed by atoms with Crippen LogP contribution < -0.4 is 11.5 Å². The van der Waals surface area contributed by atoms with Gasteiger partial charge in [0.1, 0.15) is 0 Å². The van der Waals surface area contributed by atoms with Crippen LogP contribution in [0.25, 0.3) is 11.2 Å². The summed E-state index contributed by atoms with van der Waals surface area (Å²) in [5, 5.41) is 0. The molecule has 0 aromatic carbocycles. The van der Waals surface area contributed by atoms with E-state index >= 15 is 0 Å². The number of hydrogen-bond donors (Lipinski definition) is 2. The van der Waals surface area contributed by atoms with E-state index in [9.17, 15) is 4.79 Å². The van der Waals surface area contributed by atoms with Crippen LogP contribution in [0.2, 0.25) is 0 Å². The van der Waals surface area contributed by atoms with E-state index in [1.165, 1.54) is 6.20 Å². The molecule has 17 heavy (non-hydrogen) atoms. The molecular weight excluding hydrogens is 224 g/mol. The zero-order valence-corrected chi connectivity index (χ0v) is 9.04. The van der Waals surface area contributed by atoms with Crippen molar-refractivity contribution >= 4 is 28.9 Å².